The molecular weight excluding hydrogens is 272 g/mol. The van der Waals surface area contributed by atoms with Crippen LogP contribution in [-0.4, -0.2) is 4.98 Å². The Morgan fingerprint density at radius 2 is 1.95 bits per heavy atom. The standard InChI is InChI=1S/C16H9ClN2O/c17-14-7-11(9-18)5-6-16(14)20-13-8-12-3-1-2-4-15(12)19-10-13/h1-8,10H. The number of para-hydroxylation sites is 1. The van der Waals surface area contributed by atoms with Crippen molar-refractivity contribution in [2.24, 2.45) is 0 Å². The second-order valence-electron chi connectivity index (χ2n) is 4.22. The average molecular weight is 281 g/mol. The second-order valence-corrected chi connectivity index (χ2v) is 4.63. The van der Waals surface area contributed by atoms with E-state index in [1.165, 1.54) is 0 Å². The molecule has 3 rings (SSSR count). The summed E-state index contributed by atoms with van der Waals surface area (Å²) in [5.41, 5.74) is 1.41. The van der Waals surface area contributed by atoms with Crippen LogP contribution in [0.1, 0.15) is 5.56 Å². The smallest absolute Gasteiger partial charge is 0.146 e. The molecule has 0 unspecified atom stereocenters. The molecule has 1 heterocycles. The van der Waals surface area contributed by atoms with Crippen LogP contribution >= 0.6 is 11.6 Å². The Morgan fingerprint density at radius 3 is 2.75 bits per heavy atom. The molecule has 0 saturated carbocycles. The van der Waals surface area contributed by atoms with Crippen LogP contribution in [0.2, 0.25) is 5.02 Å². The van der Waals surface area contributed by atoms with E-state index in [-0.39, 0.29) is 0 Å². The molecule has 0 amide bonds. The van der Waals surface area contributed by atoms with Crippen LogP contribution in [-0.2, 0) is 0 Å². The van der Waals surface area contributed by atoms with Gasteiger partial charge in [-0.15, -0.1) is 0 Å². The first-order chi connectivity index (χ1) is 9.76. The van der Waals surface area contributed by atoms with Crippen molar-refractivity contribution in [3.05, 3.63) is 65.3 Å². The highest BCUT2D eigenvalue weighted by atomic mass is 35.5. The fraction of sp³-hybridized carbons (Fsp3) is 0. The van der Waals surface area contributed by atoms with Crippen molar-refractivity contribution >= 4 is 22.5 Å². The van der Waals surface area contributed by atoms with E-state index in [0.29, 0.717) is 22.1 Å². The molecule has 0 bridgehead atoms. The predicted octanol–water partition coefficient (Wildman–Crippen LogP) is 4.55. The number of ether oxygens (including phenoxy) is 1. The third-order valence-corrected chi connectivity index (χ3v) is 3.15. The number of fused-ring (bicyclic) bond motifs is 1. The zero-order chi connectivity index (χ0) is 13.9. The Balaban J connectivity index is 1.95. The van der Waals surface area contributed by atoms with Gasteiger partial charge in [0.2, 0.25) is 0 Å². The maximum Gasteiger partial charge on any atom is 0.146 e. The zero-order valence-corrected chi connectivity index (χ0v) is 11.1. The lowest BCUT2D eigenvalue weighted by Gasteiger charge is -2.08. The van der Waals surface area contributed by atoms with Crippen molar-refractivity contribution in [1.29, 1.82) is 5.26 Å². The van der Waals surface area contributed by atoms with Gasteiger partial charge in [-0.2, -0.15) is 5.26 Å². The summed E-state index contributed by atoms with van der Waals surface area (Å²) in [7, 11) is 0. The number of rotatable bonds is 2. The molecule has 2 aromatic carbocycles. The molecule has 0 atom stereocenters. The maximum absolute atomic E-state index is 8.80. The van der Waals surface area contributed by atoms with Crippen molar-refractivity contribution in [2.75, 3.05) is 0 Å². The van der Waals surface area contributed by atoms with Gasteiger partial charge >= 0.3 is 0 Å². The van der Waals surface area contributed by atoms with Crippen molar-refractivity contribution in [2.45, 2.75) is 0 Å². The largest absolute Gasteiger partial charge is 0.454 e. The lowest BCUT2D eigenvalue weighted by molar-refractivity contribution is 0.481. The van der Waals surface area contributed by atoms with E-state index in [4.69, 9.17) is 21.6 Å². The van der Waals surface area contributed by atoms with E-state index in [0.717, 1.165) is 10.9 Å². The Bertz CT molecular complexity index is 824. The van der Waals surface area contributed by atoms with Gasteiger partial charge in [0, 0.05) is 5.39 Å². The summed E-state index contributed by atoms with van der Waals surface area (Å²) in [6.07, 6.45) is 1.65. The Kier molecular flexibility index (Phi) is 3.24. The minimum atomic E-state index is 0.400. The Labute approximate surface area is 121 Å². The molecule has 0 spiro atoms. The monoisotopic (exact) mass is 280 g/mol. The number of benzene rings is 2. The predicted molar refractivity (Wildman–Crippen MR) is 78.0 cm³/mol. The van der Waals surface area contributed by atoms with Crippen molar-refractivity contribution in [1.82, 2.24) is 4.98 Å². The first kappa shape index (κ1) is 12.5. The molecule has 0 aliphatic rings. The minimum Gasteiger partial charge on any atom is -0.454 e. The fourth-order valence-electron chi connectivity index (χ4n) is 1.89. The SMILES string of the molecule is N#Cc1ccc(Oc2cnc3ccccc3c2)c(Cl)c1. The van der Waals surface area contributed by atoms with E-state index in [9.17, 15) is 0 Å². The summed E-state index contributed by atoms with van der Waals surface area (Å²) in [6, 6.07) is 16.6. The van der Waals surface area contributed by atoms with Crippen LogP contribution < -0.4 is 4.74 Å². The highest BCUT2D eigenvalue weighted by Crippen LogP contribution is 2.30. The van der Waals surface area contributed by atoms with Crippen LogP contribution in [0.3, 0.4) is 0 Å². The van der Waals surface area contributed by atoms with Gasteiger partial charge < -0.3 is 4.74 Å². The molecule has 96 valence electrons. The van der Waals surface area contributed by atoms with E-state index in [1.54, 1.807) is 24.4 Å². The second kappa shape index (κ2) is 5.20. The van der Waals surface area contributed by atoms with Gasteiger partial charge in [-0.3, -0.25) is 4.98 Å². The van der Waals surface area contributed by atoms with Crippen molar-refractivity contribution in [3.8, 4) is 17.6 Å². The summed E-state index contributed by atoms with van der Waals surface area (Å²) < 4.78 is 5.71. The van der Waals surface area contributed by atoms with Crippen LogP contribution in [0.25, 0.3) is 10.9 Å². The van der Waals surface area contributed by atoms with E-state index in [2.05, 4.69) is 4.98 Å². The number of halogens is 1. The fourth-order valence-corrected chi connectivity index (χ4v) is 2.11. The number of pyridine rings is 1. The van der Waals surface area contributed by atoms with Gasteiger partial charge in [-0.05, 0) is 30.3 Å². The van der Waals surface area contributed by atoms with Gasteiger partial charge in [0.25, 0.3) is 0 Å². The van der Waals surface area contributed by atoms with E-state index >= 15 is 0 Å². The first-order valence-corrected chi connectivity index (χ1v) is 6.36. The normalized spacial score (nSPS) is 10.2. The van der Waals surface area contributed by atoms with Gasteiger partial charge in [0.1, 0.15) is 11.5 Å². The molecule has 0 aliphatic carbocycles. The quantitative estimate of drug-likeness (QED) is 0.691. The number of hydrogen-bond donors (Lipinski definition) is 0. The van der Waals surface area contributed by atoms with Gasteiger partial charge in [0.15, 0.2) is 0 Å². The lowest BCUT2D eigenvalue weighted by Crippen LogP contribution is -1.88. The van der Waals surface area contributed by atoms with E-state index < -0.39 is 0 Å². The number of hydrogen-bond acceptors (Lipinski definition) is 3. The summed E-state index contributed by atoms with van der Waals surface area (Å²) >= 11 is 6.08. The topological polar surface area (TPSA) is 45.9 Å². The molecule has 3 aromatic rings. The van der Waals surface area contributed by atoms with E-state index in [1.807, 2.05) is 36.4 Å². The number of nitrogens with zero attached hydrogens (tertiary/aromatic N) is 2. The summed E-state index contributed by atoms with van der Waals surface area (Å²) in [5.74, 6) is 1.11. The third-order valence-electron chi connectivity index (χ3n) is 2.85. The molecule has 4 heteroatoms. The maximum atomic E-state index is 8.80. The van der Waals surface area contributed by atoms with Crippen molar-refractivity contribution in [3.63, 3.8) is 0 Å². The highest BCUT2D eigenvalue weighted by molar-refractivity contribution is 6.32. The van der Waals surface area contributed by atoms with Crippen LogP contribution in [0.15, 0.2) is 54.7 Å². The number of aromatic nitrogens is 1. The first-order valence-electron chi connectivity index (χ1n) is 5.98. The summed E-state index contributed by atoms with van der Waals surface area (Å²) in [6.45, 7) is 0. The highest BCUT2D eigenvalue weighted by Gasteiger charge is 2.05. The lowest BCUT2D eigenvalue weighted by atomic mass is 10.2. The third kappa shape index (κ3) is 2.42. The molecule has 20 heavy (non-hydrogen) atoms. The molecule has 0 saturated heterocycles. The van der Waals surface area contributed by atoms with Gasteiger partial charge in [-0.1, -0.05) is 29.8 Å². The summed E-state index contributed by atoms with van der Waals surface area (Å²) in [4.78, 5) is 4.32. The molecule has 0 N–H and O–H groups in total. The zero-order valence-electron chi connectivity index (χ0n) is 10.4. The molecule has 3 nitrogen and oxygen atoms in total. The molecule has 0 radical (unpaired) electrons. The van der Waals surface area contributed by atoms with Gasteiger partial charge in [0.05, 0.1) is 28.4 Å². The Morgan fingerprint density at radius 1 is 1.10 bits per heavy atom. The minimum absolute atomic E-state index is 0.400. The molecule has 0 aliphatic heterocycles. The average Bonchev–Trinajstić information content (AvgIpc) is 2.49. The van der Waals surface area contributed by atoms with Crippen LogP contribution in [0.4, 0.5) is 0 Å². The summed E-state index contributed by atoms with van der Waals surface area (Å²) in [5, 5.41) is 10.2. The Hall–Kier alpha value is -2.57. The van der Waals surface area contributed by atoms with Crippen molar-refractivity contribution < 1.29 is 4.74 Å². The van der Waals surface area contributed by atoms with Crippen LogP contribution in [0, 0.1) is 11.3 Å². The number of nitriles is 1. The van der Waals surface area contributed by atoms with Crippen LogP contribution in [0.5, 0.6) is 11.5 Å². The van der Waals surface area contributed by atoms with Gasteiger partial charge in [-0.25, -0.2) is 0 Å². The molecule has 0 fully saturated rings. The molecular formula is C16H9ClN2O. The molecule has 1 aromatic heterocycles.